The molecule has 1 aliphatic heterocycles. The molecule has 1 atom stereocenters. The van der Waals surface area contributed by atoms with Gasteiger partial charge < -0.3 is 19.3 Å². The van der Waals surface area contributed by atoms with Crippen molar-refractivity contribution in [2.75, 3.05) is 18.1 Å². The summed E-state index contributed by atoms with van der Waals surface area (Å²) in [5, 5.41) is 11.6. The highest BCUT2D eigenvalue weighted by Gasteiger charge is 2.47. The number of ether oxygens (including phenoxy) is 3. The van der Waals surface area contributed by atoms with E-state index in [-0.39, 0.29) is 23.4 Å². The van der Waals surface area contributed by atoms with Crippen LogP contribution in [0.4, 0.5) is 5.69 Å². The second kappa shape index (κ2) is 12.3. The lowest BCUT2D eigenvalue weighted by atomic mass is 9.93. The lowest BCUT2D eigenvalue weighted by Crippen LogP contribution is -2.29. The van der Waals surface area contributed by atoms with Gasteiger partial charge in [-0.1, -0.05) is 32.0 Å². The number of Topliss-reactive ketones (excluding diaryl/α,β-unsaturated/α-hetero) is 1. The van der Waals surface area contributed by atoms with Crippen molar-refractivity contribution >= 4 is 23.1 Å². The topological polar surface area (TPSA) is 85.3 Å². The van der Waals surface area contributed by atoms with Crippen molar-refractivity contribution in [2.24, 2.45) is 0 Å². The summed E-state index contributed by atoms with van der Waals surface area (Å²) in [4.78, 5) is 28.6. The smallest absolute Gasteiger partial charge is 0.300 e. The molecule has 3 aromatic carbocycles. The van der Waals surface area contributed by atoms with E-state index in [0.717, 1.165) is 11.3 Å². The number of carbonyl (C=O) groups is 2. The second-order valence-electron chi connectivity index (χ2n) is 10.2. The van der Waals surface area contributed by atoms with E-state index in [2.05, 4.69) is 0 Å². The fourth-order valence-corrected chi connectivity index (χ4v) is 4.89. The quantitative estimate of drug-likeness (QED) is 0.168. The lowest BCUT2D eigenvalue weighted by molar-refractivity contribution is -0.132. The molecule has 40 heavy (non-hydrogen) atoms. The van der Waals surface area contributed by atoms with Crippen molar-refractivity contribution < 1.29 is 28.9 Å². The second-order valence-corrected chi connectivity index (χ2v) is 10.2. The zero-order valence-electron chi connectivity index (χ0n) is 23.9. The van der Waals surface area contributed by atoms with Crippen LogP contribution in [0.15, 0.2) is 72.3 Å². The summed E-state index contributed by atoms with van der Waals surface area (Å²) in [6.07, 6.45) is -0.00685. The van der Waals surface area contributed by atoms with Crippen LogP contribution in [-0.4, -0.2) is 36.1 Å². The Morgan fingerprint density at radius 1 is 0.875 bits per heavy atom. The Labute approximate surface area is 236 Å². The SMILES string of the molecule is CCOc1cccc(N2C(=O)C(=O)/C(=C(\O)c3ccc(OCC)c(C(C)C)c3)C2c2ccc(OC(C)C)cc2)c1. The van der Waals surface area contributed by atoms with Crippen LogP contribution in [-0.2, 0) is 9.59 Å². The highest BCUT2D eigenvalue weighted by Crippen LogP contribution is 2.43. The molecule has 1 saturated heterocycles. The van der Waals surface area contributed by atoms with Crippen molar-refractivity contribution in [3.8, 4) is 17.2 Å². The van der Waals surface area contributed by atoms with E-state index in [9.17, 15) is 14.7 Å². The van der Waals surface area contributed by atoms with Crippen LogP contribution < -0.4 is 19.1 Å². The molecule has 0 saturated carbocycles. The van der Waals surface area contributed by atoms with Crippen molar-refractivity contribution in [2.45, 2.75) is 59.6 Å². The van der Waals surface area contributed by atoms with Gasteiger partial charge in [0.05, 0.1) is 30.9 Å². The molecule has 0 aromatic heterocycles. The normalized spacial score (nSPS) is 16.6. The van der Waals surface area contributed by atoms with Gasteiger partial charge in [0.25, 0.3) is 11.7 Å². The van der Waals surface area contributed by atoms with Gasteiger partial charge in [-0.3, -0.25) is 14.5 Å². The first-order valence-electron chi connectivity index (χ1n) is 13.7. The third-order valence-electron chi connectivity index (χ3n) is 6.62. The minimum absolute atomic E-state index is 0.00685. The fourth-order valence-electron chi connectivity index (χ4n) is 4.89. The van der Waals surface area contributed by atoms with E-state index in [1.54, 1.807) is 48.5 Å². The van der Waals surface area contributed by atoms with Crippen LogP contribution in [0.25, 0.3) is 5.76 Å². The molecular formula is C33H37NO6. The summed E-state index contributed by atoms with van der Waals surface area (Å²) in [5.74, 6) is 0.363. The van der Waals surface area contributed by atoms with Gasteiger partial charge in [-0.25, -0.2) is 0 Å². The first-order chi connectivity index (χ1) is 19.2. The summed E-state index contributed by atoms with van der Waals surface area (Å²) < 4.78 is 17.2. The Morgan fingerprint density at radius 3 is 2.20 bits per heavy atom. The number of aliphatic hydroxyl groups excluding tert-OH is 1. The van der Waals surface area contributed by atoms with Crippen LogP contribution in [0.3, 0.4) is 0 Å². The standard InChI is InChI=1S/C33H37NO6/c1-7-38-26-11-9-10-24(19-26)34-30(22-12-15-25(16-13-22)40-21(5)6)29(32(36)33(34)37)31(35)23-14-17-28(39-8-2)27(18-23)20(3)4/h9-21,30,35H,7-8H2,1-6H3/b31-29-. The molecule has 1 aliphatic rings. The van der Waals surface area contributed by atoms with E-state index >= 15 is 0 Å². The zero-order valence-corrected chi connectivity index (χ0v) is 23.9. The number of nitrogens with zero attached hydrogens (tertiary/aromatic N) is 1. The summed E-state index contributed by atoms with van der Waals surface area (Å²) in [6, 6.07) is 18.8. The summed E-state index contributed by atoms with van der Waals surface area (Å²) in [6.45, 7) is 12.7. The maximum absolute atomic E-state index is 13.6. The molecule has 4 rings (SSSR count). The number of amides is 1. The molecule has 1 unspecified atom stereocenters. The molecule has 0 aliphatic carbocycles. The molecule has 0 spiro atoms. The molecule has 0 radical (unpaired) electrons. The Hall–Kier alpha value is -4.26. The molecule has 1 amide bonds. The predicted molar refractivity (Wildman–Crippen MR) is 156 cm³/mol. The fraction of sp³-hybridized carbons (Fsp3) is 0.333. The zero-order chi connectivity index (χ0) is 29.0. The van der Waals surface area contributed by atoms with Crippen molar-refractivity contribution in [3.63, 3.8) is 0 Å². The van der Waals surface area contributed by atoms with Gasteiger partial charge in [0.2, 0.25) is 0 Å². The van der Waals surface area contributed by atoms with Gasteiger partial charge in [0.1, 0.15) is 23.0 Å². The molecule has 3 aromatic rings. The Balaban J connectivity index is 1.90. The monoisotopic (exact) mass is 543 g/mol. The van der Waals surface area contributed by atoms with Crippen molar-refractivity contribution in [1.29, 1.82) is 0 Å². The van der Waals surface area contributed by atoms with Gasteiger partial charge in [-0.05, 0) is 87.2 Å². The van der Waals surface area contributed by atoms with E-state index in [1.165, 1.54) is 4.90 Å². The highest BCUT2D eigenvalue weighted by atomic mass is 16.5. The maximum Gasteiger partial charge on any atom is 0.300 e. The average molecular weight is 544 g/mol. The molecule has 7 nitrogen and oxygen atoms in total. The first-order valence-corrected chi connectivity index (χ1v) is 13.7. The third-order valence-corrected chi connectivity index (χ3v) is 6.62. The highest BCUT2D eigenvalue weighted by molar-refractivity contribution is 6.51. The number of anilines is 1. The number of rotatable bonds is 10. The van der Waals surface area contributed by atoms with E-state index in [4.69, 9.17) is 14.2 Å². The largest absolute Gasteiger partial charge is 0.507 e. The molecule has 0 bridgehead atoms. The maximum atomic E-state index is 13.6. The molecule has 1 N–H and O–H groups in total. The summed E-state index contributed by atoms with van der Waals surface area (Å²) >= 11 is 0. The molecular weight excluding hydrogens is 506 g/mol. The van der Waals surface area contributed by atoms with Gasteiger partial charge in [0, 0.05) is 17.3 Å². The minimum atomic E-state index is -0.862. The summed E-state index contributed by atoms with van der Waals surface area (Å²) in [7, 11) is 0. The van der Waals surface area contributed by atoms with Gasteiger partial charge in [-0.15, -0.1) is 0 Å². The van der Waals surface area contributed by atoms with Crippen molar-refractivity contribution in [3.05, 3.63) is 89.0 Å². The number of ketones is 1. The number of carbonyl (C=O) groups excluding carboxylic acids is 2. The molecule has 210 valence electrons. The van der Waals surface area contributed by atoms with E-state index < -0.39 is 17.7 Å². The van der Waals surface area contributed by atoms with Crippen LogP contribution in [0.1, 0.15) is 70.2 Å². The molecule has 1 heterocycles. The van der Waals surface area contributed by atoms with Crippen LogP contribution in [0, 0.1) is 0 Å². The van der Waals surface area contributed by atoms with Crippen molar-refractivity contribution in [1.82, 2.24) is 0 Å². The van der Waals surface area contributed by atoms with Crippen LogP contribution >= 0.6 is 0 Å². The van der Waals surface area contributed by atoms with Gasteiger partial charge >= 0.3 is 0 Å². The minimum Gasteiger partial charge on any atom is -0.507 e. The average Bonchev–Trinajstić information content (AvgIpc) is 3.19. The first kappa shape index (κ1) is 28.7. The van der Waals surface area contributed by atoms with Crippen LogP contribution in [0.2, 0.25) is 0 Å². The number of hydrogen-bond donors (Lipinski definition) is 1. The Morgan fingerprint density at radius 2 is 1.57 bits per heavy atom. The molecule has 1 fully saturated rings. The number of aliphatic hydroxyl groups is 1. The number of hydrogen-bond acceptors (Lipinski definition) is 6. The lowest BCUT2D eigenvalue weighted by Gasteiger charge is -2.26. The van der Waals surface area contributed by atoms with Gasteiger partial charge in [0.15, 0.2) is 0 Å². The summed E-state index contributed by atoms with van der Waals surface area (Å²) in [5.41, 5.74) is 2.51. The molecule has 7 heteroatoms. The number of benzene rings is 3. The van der Waals surface area contributed by atoms with E-state index in [0.29, 0.717) is 41.5 Å². The Bertz CT molecular complexity index is 1410. The van der Waals surface area contributed by atoms with E-state index in [1.807, 2.05) is 59.7 Å². The van der Waals surface area contributed by atoms with Gasteiger partial charge in [-0.2, -0.15) is 0 Å². The van der Waals surface area contributed by atoms with Crippen LogP contribution in [0.5, 0.6) is 17.2 Å². The Kier molecular flexibility index (Phi) is 8.83. The third kappa shape index (κ3) is 5.83. The predicted octanol–water partition coefficient (Wildman–Crippen LogP) is 7.02.